The third-order valence-corrected chi connectivity index (χ3v) is 7.07. The molecule has 1 amide bonds. The lowest BCUT2D eigenvalue weighted by Gasteiger charge is -2.19. The van der Waals surface area contributed by atoms with Gasteiger partial charge in [0.15, 0.2) is 5.13 Å². The minimum absolute atomic E-state index is 0.304. The fourth-order valence-electron chi connectivity index (χ4n) is 4.53. The summed E-state index contributed by atoms with van der Waals surface area (Å²) in [6, 6.07) is 9.73. The van der Waals surface area contributed by atoms with Crippen LogP contribution in [0.15, 0.2) is 30.3 Å². The third kappa shape index (κ3) is 3.33. The first-order chi connectivity index (χ1) is 15.6. The van der Waals surface area contributed by atoms with E-state index in [1.807, 2.05) is 24.3 Å². The molecular formula is C23H24N6O2S. The number of carbonyl (C=O) groups excluding carboxylic acids is 1. The van der Waals surface area contributed by atoms with Crippen molar-refractivity contribution in [3.63, 3.8) is 0 Å². The zero-order chi connectivity index (χ0) is 21.8. The van der Waals surface area contributed by atoms with Crippen molar-refractivity contribution < 1.29 is 9.53 Å². The highest BCUT2D eigenvalue weighted by Crippen LogP contribution is 2.39. The zero-order valence-electron chi connectivity index (χ0n) is 17.5. The number of benzene rings is 2. The molecule has 5 N–H and O–H groups in total. The van der Waals surface area contributed by atoms with Crippen molar-refractivity contribution in [3.8, 4) is 17.1 Å². The Morgan fingerprint density at radius 2 is 2.06 bits per heavy atom. The van der Waals surface area contributed by atoms with Gasteiger partial charge in [0, 0.05) is 23.9 Å². The molecule has 1 aliphatic carbocycles. The number of rotatable bonds is 5. The highest BCUT2D eigenvalue weighted by molar-refractivity contribution is 7.22. The highest BCUT2D eigenvalue weighted by atomic mass is 32.1. The van der Waals surface area contributed by atoms with E-state index < -0.39 is 0 Å². The average molecular weight is 449 g/mol. The van der Waals surface area contributed by atoms with Crippen LogP contribution < -0.4 is 21.5 Å². The van der Waals surface area contributed by atoms with Gasteiger partial charge in [0.1, 0.15) is 23.1 Å². The molecule has 8 nitrogen and oxygen atoms in total. The van der Waals surface area contributed by atoms with Crippen LogP contribution in [0.3, 0.4) is 0 Å². The number of nitrogens with zero attached hydrogens (tertiary/aromatic N) is 3. The van der Waals surface area contributed by atoms with E-state index in [1.165, 1.54) is 11.3 Å². The van der Waals surface area contributed by atoms with Gasteiger partial charge in [-0.1, -0.05) is 11.3 Å². The Balaban J connectivity index is 1.49. The number of carbonyl (C=O) groups is 1. The number of nitrogens with two attached hydrogens (primary N) is 2. The summed E-state index contributed by atoms with van der Waals surface area (Å²) >= 11 is 1.48. The largest absolute Gasteiger partial charge is 0.491 e. The van der Waals surface area contributed by atoms with Gasteiger partial charge < -0.3 is 26.1 Å². The van der Waals surface area contributed by atoms with Crippen LogP contribution >= 0.6 is 11.3 Å². The molecule has 6 rings (SSSR count). The molecule has 2 aromatic heterocycles. The van der Waals surface area contributed by atoms with Crippen LogP contribution in [-0.2, 0) is 11.3 Å². The molecule has 4 aromatic rings. The summed E-state index contributed by atoms with van der Waals surface area (Å²) in [6.45, 7) is 1.52. The van der Waals surface area contributed by atoms with Crippen molar-refractivity contribution in [2.75, 3.05) is 17.7 Å². The molecule has 0 unspecified atom stereocenters. The van der Waals surface area contributed by atoms with Gasteiger partial charge in [0.25, 0.3) is 0 Å². The molecule has 9 heteroatoms. The van der Waals surface area contributed by atoms with E-state index in [-0.39, 0.29) is 11.9 Å². The molecule has 164 valence electrons. The predicted octanol–water partition coefficient (Wildman–Crippen LogP) is 3.74. The molecular weight excluding hydrogens is 424 g/mol. The number of aromatic nitrogens is 3. The first-order valence-corrected chi connectivity index (χ1v) is 11.8. The lowest BCUT2D eigenvalue weighted by molar-refractivity contribution is -0.119. The quantitative estimate of drug-likeness (QED) is 0.428. The summed E-state index contributed by atoms with van der Waals surface area (Å²) in [5.41, 5.74) is 16.1. The second kappa shape index (κ2) is 7.37. The fourth-order valence-corrected chi connectivity index (χ4v) is 5.30. The summed E-state index contributed by atoms with van der Waals surface area (Å²) in [5.74, 6) is 1.66. The number of hydrogen-bond donors (Lipinski definition) is 3. The highest BCUT2D eigenvalue weighted by Gasteiger charge is 2.35. The lowest BCUT2D eigenvalue weighted by atomic mass is 10.1. The number of nitrogens with one attached hydrogen (secondary N) is 1. The molecule has 1 atom stereocenters. The van der Waals surface area contributed by atoms with Gasteiger partial charge in [-0.3, -0.25) is 4.79 Å². The fraction of sp³-hybridized carbons (Fsp3) is 0.348. The molecule has 0 saturated heterocycles. The number of aryl methyl sites for hydroxylation is 1. The van der Waals surface area contributed by atoms with E-state index in [0.717, 1.165) is 76.3 Å². The van der Waals surface area contributed by atoms with E-state index in [9.17, 15) is 4.79 Å². The maximum atomic E-state index is 12.0. The van der Waals surface area contributed by atoms with Crippen molar-refractivity contribution in [2.45, 2.75) is 38.3 Å². The van der Waals surface area contributed by atoms with E-state index in [2.05, 4.69) is 20.9 Å². The van der Waals surface area contributed by atoms with E-state index in [1.54, 1.807) is 0 Å². The molecule has 1 fully saturated rings. The Kier molecular flexibility index (Phi) is 4.46. The minimum atomic E-state index is -0.367. The molecule has 0 radical (unpaired) electrons. The third-order valence-electron chi connectivity index (χ3n) is 6.23. The summed E-state index contributed by atoms with van der Waals surface area (Å²) in [4.78, 5) is 21.3. The Labute approximate surface area is 188 Å². The number of ether oxygens (including phenoxy) is 1. The summed E-state index contributed by atoms with van der Waals surface area (Å²) in [7, 11) is 0. The number of thiazole rings is 1. The van der Waals surface area contributed by atoms with Gasteiger partial charge >= 0.3 is 0 Å². The predicted molar refractivity (Wildman–Crippen MR) is 127 cm³/mol. The van der Waals surface area contributed by atoms with Gasteiger partial charge in [-0.05, 0) is 55.9 Å². The molecule has 2 aliphatic rings. The number of primary amides is 1. The van der Waals surface area contributed by atoms with Crippen LogP contribution in [0.25, 0.3) is 32.6 Å². The number of amides is 1. The van der Waals surface area contributed by atoms with Gasteiger partial charge in [-0.25, -0.2) is 9.97 Å². The Morgan fingerprint density at radius 3 is 2.88 bits per heavy atom. The SMILES string of the molecule is NC(=O)[C@@H](Nc1cc2c3c(c1)nc(-c1ccc4nc(N)sc4c1)n3CCCCO2)C1CC1. The normalized spacial score (nSPS) is 17.0. The van der Waals surface area contributed by atoms with Gasteiger partial charge in [0.05, 0.1) is 22.3 Å². The Bertz CT molecular complexity index is 1360. The van der Waals surface area contributed by atoms with Crippen molar-refractivity contribution >= 4 is 49.3 Å². The lowest BCUT2D eigenvalue weighted by Crippen LogP contribution is -2.37. The van der Waals surface area contributed by atoms with Crippen LogP contribution in [0.2, 0.25) is 0 Å². The molecule has 3 heterocycles. The Hall–Kier alpha value is -3.33. The maximum Gasteiger partial charge on any atom is 0.240 e. The molecule has 0 bridgehead atoms. The van der Waals surface area contributed by atoms with Gasteiger partial charge in [-0.15, -0.1) is 0 Å². The van der Waals surface area contributed by atoms with Crippen LogP contribution in [0.5, 0.6) is 5.75 Å². The molecule has 1 saturated carbocycles. The zero-order valence-corrected chi connectivity index (χ0v) is 18.3. The van der Waals surface area contributed by atoms with Crippen LogP contribution in [0, 0.1) is 5.92 Å². The topological polar surface area (TPSA) is 121 Å². The van der Waals surface area contributed by atoms with Crippen molar-refractivity contribution in [2.24, 2.45) is 11.7 Å². The first-order valence-electron chi connectivity index (χ1n) is 11.0. The number of nitrogen functional groups attached to an aromatic ring is 1. The molecule has 1 aliphatic heterocycles. The first kappa shape index (κ1) is 19.4. The van der Waals surface area contributed by atoms with Crippen LogP contribution in [-0.4, -0.2) is 33.1 Å². The van der Waals surface area contributed by atoms with Crippen molar-refractivity contribution in [1.29, 1.82) is 0 Å². The van der Waals surface area contributed by atoms with Crippen molar-refractivity contribution in [1.82, 2.24) is 14.5 Å². The van der Waals surface area contributed by atoms with Crippen LogP contribution in [0.4, 0.5) is 10.8 Å². The number of anilines is 2. The summed E-state index contributed by atoms with van der Waals surface area (Å²) in [5, 5.41) is 3.90. The molecule has 0 spiro atoms. The second-order valence-corrected chi connectivity index (χ2v) is 9.64. The van der Waals surface area contributed by atoms with Gasteiger partial charge in [-0.2, -0.15) is 0 Å². The Morgan fingerprint density at radius 1 is 1.19 bits per heavy atom. The second-order valence-electron chi connectivity index (χ2n) is 8.58. The summed E-state index contributed by atoms with van der Waals surface area (Å²) < 4.78 is 9.42. The summed E-state index contributed by atoms with van der Waals surface area (Å²) in [6.07, 6.45) is 4.02. The monoisotopic (exact) mass is 448 g/mol. The molecule has 2 aromatic carbocycles. The number of fused-ring (bicyclic) bond motifs is 1. The van der Waals surface area contributed by atoms with Gasteiger partial charge in [0.2, 0.25) is 5.91 Å². The van der Waals surface area contributed by atoms with E-state index >= 15 is 0 Å². The minimum Gasteiger partial charge on any atom is -0.491 e. The average Bonchev–Trinajstić information content (AvgIpc) is 3.41. The van der Waals surface area contributed by atoms with E-state index in [4.69, 9.17) is 21.2 Å². The molecule has 32 heavy (non-hydrogen) atoms. The number of hydrogen-bond acceptors (Lipinski definition) is 7. The number of imidazole rings is 1. The smallest absolute Gasteiger partial charge is 0.240 e. The van der Waals surface area contributed by atoms with Crippen molar-refractivity contribution in [3.05, 3.63) is 30.3 Å². The van der Waals surface area contributed by atoms with E-state index in [0.29, 0.717) is 17.7 Å². The maximum absolute atomic E-state index is 12.0. The van der Waals surface area contributed by atoms with Crippen LogP contribution in [0.1, 0.15) is 25.7 Å². The standard InChI is InChI=1S/C23H24N6O2S/c24-21(30)19(12-3-4-12)26-14-10-16-20-17(11-14)31-8-2-1-7-29(20)22(27-16)13-5-6-15-18(9-13)32-23(25)28-15/h5-6,9-12,19,26H,1-4,7-8H2,(H2,24,30)(H2,25,28)/t19-/m0/s1.